The van der Waals surface area contributed by atoms with E-state index in [1.54, 1.807) is 6.07 Å². The quantitative estimate of drug-likeness (QED) is 0.832. The fraction of sp³-hybridized carbons (Fsp3) is 0.562. The van der Waals surface area contributed by atoms with Gasteiger partial charge in [-0.25, -0.2) is 0 Å². The number of nitrogens with zero attached hydrogens (tertiary/aromatic N) is 3. The second-order valence-corrected chi connectivity index (χ2v) is 6.25. The highest BCUT2D eigenvalue weighted by atomic mass is 16.2. The average molecular weight is 288 g/mol. The molecule has 0 aliphatic carbocycles. The second-order valence-electron chi connectivity index (χ2n) is 6.25. The van der Waals surface area contributed by atoms with Crippen molar-refractivity contribution in [1.29, 1.82) is 0 Å². The van der Waals surface area contributed by atoms with E-state index in [0.717, 1.165) is 25.3 Å². The van der Waals surface area contributed by atoms with Crippen LogP contribution in [0.15, 0.2) is 18.2 Å². The van der Waals surface area contributed by atoms with Crippen molar-refractivity contribution in [3.63, 3.8) is 0 Å². The zero-order valence-corrected chi connectivity index (χ0v) is 12.9. The highest BCUT2D eigenvalue weighted by Crippen LogP contribution is 2.26. The first-order chi connectivity index (χ1) is 10.1. The zero-order valence-electron chi connectivity index (χ0n) is 12.9. The number of nitrogen functional groups attached to an aromatic ring is 1. The lowest BCUT2D eigenvalue weighted by atomic mass is 10.1. The molecular weight excluding hydrogens is 264 g/mol. The lowest BCUT2D eigenvalue weighted by Gasteiger charge is -2.38. The first-order valence-electron chi connectivity index (χ1n) is 7.66. The van der Waals surface area contributed by atoms with Crippen molar-refractivity contribution >= 4 is 17.3 Å². The first-order valence-corrected chi connectivity index (χ1v) is 7.66. The van der Waals surface area contributed by atoms with Crippen LogP contribution in [0, 0.1) is 0 Å². The van der Waals surface area contributed by atoms with Gasteiger partial charge in [0.2, 0.25) is 0 Å². The minimum atomic E-state index is 0.109. The van der Waals surface area contributed by atoms with E-state index in [2.05, 4.69) is 4.90 Å². The Hall–Kier alpha value is -1.75. The molecule has 2 saturated heterocycles. The minimum absolute atomic E-state index is 0.109. The molecule has 114 valence electrons. The number of rotatable bonds is 2. The van der Waals surface area contributed by atoms with Crippen molar-refractivity contribution in [3.8, 4) is 0 Å². The summed E-state index contributed by atoms with van der Waals surface area (Å²) in [5, 5.41) is 0. The van der Waals surface area contributed by atoms with Crippen molar-refractivity contribution in [3.05, 3.63) is 23.8 Å². The number of nitrogens with two attached hydrogens (primary N) is 1. The summed E-state index contributed by atoms with van der Waals surface area (Å²) in [5.74, 6) is 0.109. The van der Waals surface area contributed by atoms with Crippen LogP contribution in [-0.2, 0) is 0 Å². The van der Waals surface area contributed by atoms with E-state index in [0.29, 0.717) is 17.3 Å². The molecule has 2 aliphatic heterocycles. The van der Waals surface area contributed by atoms with Crippen LogP contribution in [0.2, 0.25) is 0 Å². The zero-order chi connectivity index (χ0) is 15.0. The van der Waals surface area contributed by atoms with Crippen LogP contribution in [0.25, 0.3) is 0 Å². The summed E-state index contributed by atoms with van der Waals surface area (Å²) >= 11 is 0. The van der Waals surface area contributed by atoms with Crippen LogP contribution in [-0.4, -0.2) is 62.0 Å². The van der Waals surface area contributed by atoms with Gasteiger partial charge in [-0.2, -0.15) is 0 Å². The maximum absolute atomic E-state index is 12.9. The number of carbonyl (C=O) groups excluding carboxylic acids is 1. The van der Waals surface area contributed by atoms with Gasteiger partial charge in [0.05, 0.1) is 5.56 Å². The van der Waals surface area contributed by atoms with E-state index in [9.17, 15) is 4.79 Å². The Kier molecular flexibility index (Phi) is 3.76. The fourth-order valence-electron chi connectivity index (χ4n) is 3.46. The molecule has 0 bridgehead atoms. The van der Waals surface area contributed by atoms with Crippen LogP contribution in [0.3, 0.4) is 0 Å². The Labute approximate surface area is 126 Å². The van der Waals surface area contributed by atoms with Crippen molar-refractivity contribution in [2.75, 3.05) is 50.9 Å². The van der Waals surface area contributed by atoms with Crippen LogP contribution in [0.4, 0.5) is 11.4 Å². The second kappa shape index (κ2) is 5.56. The molecule has 1 aromatic carbocycles. The molecule has 21 heavy (non-hydrogen) atoms. The topological polar surface area (TPSA) is 52.8 Å². The van der Waals surface area contributed by atoms with Gasteiger partial charge < -0.3 is 15.5 Å². The highest BCUT2D eigenvalue weighted by Gasteiger charge is 2.33. The summed E-state index contributed by atoms with van der Waals surface area (Å²) < 4.78 is 0. The normalized spacial score (nSPS) is 22.2. The standard InChI is InChI=1S/C16H24N4O/c1-18(2)15-6-5-12(17)10-14(15)16(21)20-9-8-19-7-3-4-13(19)11-20/h5-6,10,13H,3-4,7-9,11,17H2,1-2H3. The van der Waals surface area contributed by atoms with Gasteiger partial charge >= 0.3 is 0 Å². The van der Waals surface area contributed by atoms with E-state index < -0.39 is 0 Å². The van der Waals surface area contributed by atoms with E-state index in [4.69, 9.17) is 5.73 Å². The third-order valence-electron chi connectivity index (χ3n) is 4.61. The molecule has 2 fully saturated rings. The summed E-state index contributed by atoms with van der Waals surface area (Å²) in [5.41, 5.74) is 8.17. The number of anilines is 2. The molecule has 1 atom stereocenters. The Morgan fingerprint density at radius 2 is 2.10 bits per heavy atom. The first kappa shape index (κ1) is 14.2. The van der Waals surface area contributed by atoms with Gasteiger partial charge in [-0.1, -0.05) is 0 Å². The van der Waals surface area contributed by atoms with E-state index >= 15 is 0 Å². The number of amides is 1. The number of carbonyl (C=O) groups is 1. The van der Waals surface area contributed by atoms with Crippen LogP contribution in [0.1, 0.15) is 23.2 Å². The maximum Gasteiger partial charge on any atom is 0.256 e. The van der Waals surface area contributed by atoms with Gasteiger partial charge in [0.25, 0.3) is 5.91 Å². The molecule has 2 heterocycles. The maximum atomic E-state index is 12.9. The summed E-state index contributed by atoms with van der Waals surface area (Å²) in [6.07, 6.45) is 2.47. The minimum Gasteiger partial charge on any atom is -0.399 e. The van der Waals surface area contributed by atoms with Gasteiger partial charge in [0.1, 0.15) is 0 Å². The smallest absolute Gasteiger partial charge is 0.256 e. The molecule has 3 rings (SSSR count). The van der Waals surface area contributed by atoms with E-state index in [1.165, 1.54) is 19.4 Å². The number of fused-ring (bicyclic) bond motifs is 1. The van der Waals surface area contributed by atoms with Crippen molar-refractivity contribution in [2.45, 2.75) is 18.9 Å². The van der Waals surface area contributed by atoms with Gasteiger partial charge in [0, 0.05) is 51.1 Å². The molecule has 1 amide bonds. The predicted octanol–water partition coefficient (Wildman–Crippen LogP) is 1.25. The van der Waals surface area contributed by atoms with Crippen molar-refractivity contribution in [1.82, 2.24) is 9.80 Å². The highest BCUT2D eigenvalue weighted by molar-refractivity contribution is 6.00. The lowest BCUT2D eigenvalue weighted by molar-refractivity contribution is 0.0572. The lowest BCUT2D eigenvalue weighted by Crippen LogP contribution is -2.52. The fourth-order valence-corrected chi connectivity index (χ4v) is 3.46. The third kappa shape index (κ3) is 2.70. The van der Waals surface area contributed by atoms with Gasteiger partial charge in [-0.05, 0) is 37.6 Å². The molecule has 1 aromatic rings. The number of hydrogen-bond acceptors (Lipinski definition) is 4. The monoisotopic (exact) mass is 288 g/mol. The predicted molar refractivity (Wildman–Crippen MR) is 85.7 cm³/mol. The molecule has 5 nitrogen and oxygen atoms in total. The molecule has 2 aliphatic rings. The molecule has 0 saturated carbocycles. The molecular formula is C16H24N4O. The molecule has 5 heteroatoms. The van der Waals surface area contributed by atoms with Gasteiger partial charge in [-0.3, -0.25) is 9.69 Å². The molecule has 0 aromatic heterocycles. The van der Waals surface area contributed by atoms with Gasteiger partial charge in [-0.15, -0.1) is 0 Å². The number of piperazine rings is 1. The summed E-state index contributed by atoms with van der Waals surface area (Å²) in [7, 11) is 3.91. The Balaban J connectivity index is 1.83. The SMILES string of the molecule is CN(C)c1ccc(N)cc1C(=O)N1CCN2CCCC2C1. The van der Waals surface area contributed by atoms with Crippen molar-refractivity contribution in [2.24, 2.45) is 0 Å². The molecule has 0 spiro atoms. The van der Waals surface area contributed by atoms with Crippen LogP contribution in [0.5, 0.6) is 0 Å². The van der Waals surface area contributed by atoms with Gasteiger partial charge in [0.15, 0.2) is 0 Å². The number of hydrogen-bond donors (Lipinski definition) is 1. The Morgan fingerprint density at radius 3 is 2.86 bits per heavy atom. The van der Waals surface area contributed by atoms with E-state index in [-0.39, 0.29) is 5.91 Å². The summed E-state index contributed by atoms with van der Waals surface area (Å²) in [6.45, 7) is 3.85. The summed E-state index contributed by atoms with van der Waals surface area (Å²) in [4.78, 5) is 19.4. The van der Waals surface area contributed by atoms with Crippen LogP contribution < -0.4 is 10.6 Å². The largest absolute Gasteiger partial charge is 0.399 e. The molecule has 2 N–H and O–H groups in total. The summed E-state index contributed by atoms with van der Waals surface area (Å²) in [6, 6.07) is 6.13. The Bertz CT molecular complexity index is 543. The third-order valence-corrected chi connectivity index (χ3v) is 4.61. The number of benzene rings is 1. The molecule has 0 radical (unpaired) electrons. The van der Waals surface area contributed by atoms with Crippen LogP contribution >= 0.6 is 0 Å². The van der Waals surface area contributed by atoms with E-state index in [1.807, 2.05) is 36.0 Å². The van der Waals surface area contributed by atoms with Crippen molar-refractivity contribution < 1.29 is 4.79 Å². The Morgan fingerprint density at radius 1 is 1.29 bits per heavy atom. The average Bonchev–Trinajstić information content (AvgIpc) is 2.93. The molecule has 1 unspecified atom stereocenters.